The number of rotatable bonds is 5. The van der Waals surface area contributed by atoms with E-state index in [1.807, 2.05) is 0 Å². The van der Waals surface area contributed by atoms with Crippen molar-refractivity contribution in [1.82, 2.24) is 4.98 Å². The minimum atomic E-state index is -4.94. The highest BCUT2D eigenvalue weighted by Gasteiger charge is 2.35. The van der Waals surface area contributed by atoms with E-state index >= 15 is 0 Å². The molecule has 1 heterocycles. The van der Waals surface area contributed by atoms with Crippen molar-refractivity contribution in [3.05, 3.63) is 17.3 Å². The highest BCUT2D eigenvalue weighted by Crippen LogP contribution is 2.33. The van der Waals surface area contributed by atoms with Crippen molar-refractivity contribution < 1.29 is 32.2 Å². The smallest absolute Gasteiger partial charge is 0.481 e. The fourth-order valence-corrected chi connectivity index (χ4v) is 1.96. The molecule has 0 unspecified atom stereocenters. The molecule has 1 aromatic rings. The molecule has 0 amide bonds. The van der Waals surface area contributed by atoms with Crippen LogP contribution >= 0.6 is 15.9 Å². The third-order valence-corrected chi connectivity index (χ3v) is 2.70. The van der Waals surface area contributed by atoms with Crippen LogP contribution in [-0.4, -0.2) is 31.0 Å². The summed E-state index contributed by atoms with van der Waals surface area (Å²) in [5.41, 5.74) is -0.249. The quantitative estimate of drug-likeness (QED) is 0.598. The van der Waals surface area contributed by atoms with Crippen LogP contribution in [0.1, 0.15) is 22.8 Å². The van der Waals surface area contributed by atoms with Gasteiger partial charge in [-0.25, -0.2) is 9.78 Å². The number of nitrogens with zero attached hydrogens (tertiary/aromatic N) is 1. The average Bonchev–Trinajstić information content (AvgIpc) is 2.36. The Hall–Kier alpha value is -1.51. The van der Waals surface area contributed by atoms with Crippen LogP contribution in [0.3, 0.4) is 0 Å². The van der Waals surface area contributed by atoms with E-state index in [9.17, 15) is 18.0 Å². The normalized spacial score (nSPS) is 11.1. The number of hydrogen-bond donors (Lipinski definition) is 0. The van der Waals surface area contributed by atoms with Crippen LogP contribution in [0.4, 0.5) is 13.2 Å². The lowest BCUT2D eigenvalue weighted by atomic mass is 10.1. The Bertz CT molecular complexity index is 493. The van der Waals surface area contributed by atoms with Crippen molar-refractivity contribution in [2.45, 2.75) is 18.6 Å². The Morgan fingerprint density at radius 2 is 2.10 bits per heavy atom. The molecule has 20 heavy (non-hydrogen) atoms. The number of halogens is 4. The Kier molecular flexibility index (Phi) is 5.61. The minimum Gasteiger partial charge on any atom is -0.481 e. The van der Waals surface area contributed by atoms with Gasteiger partial charge in [0.2, 0.25) is 5.88 Å². The van der Waals surface area contributed by atoms with Crippen molar-refractivity contribution >= 4 is 21.9 Å². The molecule has 0 saturated heterocycles. The third kappa shape index (κ3) is 3.99. The predicted molar refractivity (Wildman–Crippen MR) is 66.1 cm³/mol. The van der Waals surface area contributed by atoms with Crippen LogP contribution < -0.4 is 9.47 Å². The molecule has 112 valence electrons. The van der Waals surface area contributed by atoms with Crippen LogP contribution in [-0.2, 0) is 10.1 Å². The van der Waals surface area contributed by atoms with Gasteiger partial charge in [0, 0.05) is 10.9 Å². The highest BCUT2D eigenvalue weighted by molar-refractivity contribution is 9.08. The van der Waals surface area contributed by atoms with Crippen LogP contribution in [0.25, 0.3) is 0 Å². The zero-order valence-electron chi connectivity index (χ0n) is 10.6. The molecule has 5 nitrogen and oxygen atoms in total. The second-order valence-corrected chi connectivity index (χ2v) is 3.95. The van der Waals surface area contributed by atoms with Crippen molar-refractivity contribution in [3.63, 3.8) is 0 Å². The summed E-state index contributed by atoms with van der Waals surface area (Å²) in [6.07, 6.45) is -4.17. The topological polar surface area (TPSA) is 57.7 Å². The van der Waals surface area contributed by atoms with Gasteiger partial charge < -0.3 is 14.2 Å². The number of pyridine rings is 1. The first-order valence-corrected chi connectivity index (χ1v) is 6.50. The number of ether oxygens (including phenoxy) is 3. The lowest BCUT2D eigenvalue weighted by molar-refractivity contribution is -0.274. The Morgan fingerprint density at radius 3 is 2.55 bits per heavy atom. The molecule has 0 spiro atoms. The van der Waals surface area contributed by atoms with E-state index in [4.69, 9.17) is 9.47 Å². The van der Waals surface area contributed by atoms with Gasteiger partial charge in [0.15, 0.2) is 5.75 Å². The average molecular weight is 358 g/mol. The molecular weight excluding hydrogens is 347 g/mol. The van der Waals surface area contributed by atoms with Gasteiger partial charge >= 0.3 is 12.3 Å². The summed E-state index contributed by atoms with van der Waals surface area (Å²) in [6, 6.07) is 0. The molecule has 1 aromatic heterocycles. The van der Waals surface area contributed by atoms with E-state index < -0.39 is 18.1 Å². The van der Waals surface area contributed by atoms with E-state index in [0.717, 1.165) is 6.20 Å². The van der Waals surface area contributed by atoms with Crippen molar-refractivity contribution in [2.24, 2.45) is 0 Å². The van der Waals surface area contributed by atoms with Crippen LogP contribution in [0.5, 0.6) is 11.6 Å². The summed E-state index contributed by atoms with van der Waals surface area (Å²) in [6.45, 7) is 1.55. The van der Waals surface area contributed by atoms with E-state index in [1.165, 1.54) is 14.0 Å². The third-order valence-electron chi connectivity index (χ3n) is 2.14. The Balaban J connectivity index is 3.39. The van der Waals surface area contributed by atoms with Gasteiger partial charge in [-0.3, -0.25) is 0 Å². The molecule has 0 atom stereocenters. The number of hydrogen-bond acceptors (Lipinski definition) is 5. The number of alkyl halides is 4. The van der Waals surface area contributed by atoms with E-state index in [-0.39, 0.29) is 28.9 Å². The number of carbonyl (C=O) groups is 1. The zero-order valence-corrected chi connectivity index (χ0v) is 12.2. The first kappa shape index (κ1) is 16.5. The standard InChI is InChI=1S/C11H11BrF3NO4/c1-3-19-10(17)8-6(4-12)9(18-2)16-5-7(8)20-11(13,14)15/h5H,3-4H2,1-2H3. The number of carbonyl (C=O) groups excluding carboxylic acids is 1. The summed E-state index contributed by atoms with van der Waals surface area (Å²) < 4.78 is 50.5. The molecule has 0 saturated carbocycles. The number of methoxy groups -OCH3 is 1. The van der Waals surface area contributed by atoms with Crippen molar-refractivity contribution in [1.29, 1.82) is 0 Å². The van der Waals surface area contributed by atoms with Gasteiger partial charge in [0.05, 0.1) is 19.9 Å². The Morgan fingerprint density at radius 1 is 1.45 bits per heavy atom. The maximum atomic E-state index is 12.3. The summed E-state index contributed by atoms with van der Waals surface area (Å²) in [7, 11) is 1.29. The molecule has 0 radical (unpaired) electrons. The predicted octanol–water partition coefficient (Wildman–Crippen LogP) is 3.06. The first-order valence-electron chi connectivity index (χ1n) is 5.38. The molecule has 0 N–H and O–H groups in total. The molecule has 9 heteroatoms. The lowest BCUT2D eigenvalue weighted by Gasteiger charge is -2.16. The molecular formula is C11H11BrF3NO4. The number of aromatic nitrogens is 1. The van der Waals surface area contributed by atoms with Gasteiger partial charge in [-0.15, -0.1) is 13.2 Å². The SMILES string of the molecule is CCOC(=O)c1c(OC(F)(F)F)cnc(OC)c1CBr. The van der Waals surface area contributed by atoms with Crippen LogP contribution in [0, 0.1) is 0 Å². The van der Waals surface area contributed by atoms with Crippen LogP contribution in [0.2, 0.25) is 0 Å². The van der Waals surface area contributed by atoms with Gasteiger partial charge in [-0.1, -0.05) is 15.9 Å². The second-order valence-electron chi connectivity index (χ2n) is 3.39. The molecule has 0 aliphatic rings. The summed E-state index contributed by atoms with van der Waals surface area (Å²) in [5.74, 6) is -1.66. The Labute approximate surface area is 121 Å². The molecule has 0 aromatic carbocycles. The van der Waals surface area contributed by atoms with Crippen molar-refractivity contribution in [2.75, 3.05) is 13.7 Å². The molecule has 0 bridgehead atoms. The van der Waals surface area contributed by atoms with Gasteiger partial charge in [-0.05, 0) is 6.92 Å². The lowest BCUT2D eigenvalue weighted by Crippen LogP contribution is -2.21. The number of esters is 1. The van der Waals surface area contributed by atoms with Gasteiger partial charge in [-0.2, -0.15) is 0 Å². The van der Waals surface area contributed by atoms with E-state index in [1.54, 1.807) is 0 Å². The van der Waals surface area contributed by atoms with Crippen molar-refractivity contribution in [3.8, 4) is 11.6 Å². The second kappa shape index (κ2) is 6.78. The molecule has 0 aliphatic heterocycles. The fourth-order valence-electron chi connectivity index (χ4n) is 1.44. The molecule has 1 rings (SSSR count). The summed E-state index contributed by atoms with van der Waals surface area (Å²) in [5, 5.41) is 0.0480. The highest BCUT2D eigenvalue weighted by atomic mass is 79.9. The summed E-state index contributed by atoms with van der Waals surface area (Å²) >= 11 is 3.07. The van der Waals surface area contributed by atoms with E-state index in [2.05, 4.69) is 25.7 Å². The first-order chi connectivity index (χ1) is 9.34. The largest absolute Gasteiger partial charge is 0.573 e. The van der Waals surface area contributed by atoms with Gasteiger partial charge in [0.1, 0.15) is 5.56 Å². The maximum absolute atomic E-state index is 12.3. The minimum absolute atomic E-state index is 0.0106. The maximum Gasteiger partial charge on any atom is 0.573 e. The molecule has 0 aliphatic carbocycles. The zero-order chi connectivity index (χ0) is 15.3. The summed E-state index contributed by atoms with van der Waals surface area (Å²) in [4.78, 5) is 15.5. The van der Waals surface area contributed by atoms with Gasteiger partial charge in [0.25, 0.3) is 0 Å². The molecule has 0 fully saturated rings. The van der Waals surface area contributed by atoms with Crippen LogP contribution in [0.15, 0.2) is 6.20 Å². The monoisotopic (exact) mass is 357 g/mol. The van der Waals surface area contributed by atoms with E-state index in [0.29, 0.717) is 0 Å². The fraction of sp³-hybridized carbons (Fsp3) is 0.455.